The van der Waals surface area contributed by atoms with Crippen LogP contribution >= 0.6 is 0 Å². The van der Waals surface area contributed by atoms with Crippen LogP contribution < -0.4 is 0 Å². The van der Waals surface area contributed by atoms with Crippen molar-refractivity contribution in [1.29, 1.82) is 0 Å². The number of aryl methyl sites for hydroxylation is 1. The van der Waals surface area contributed by atoms with Crippen LogP contribution in [-0.2, 0) is 10.0 Å². The third-order valence-electron chi connectivity index (χ3n) is 2.97. The summed E-state index contributed by atoms with van der Waals surface area (Å²) in [6.45, 7) is 6.23. The van der Waals surface area contributed by atoms with Gasteiger partial charge in [-0.2, -0.15) is 4.31 Å². The fourth-order valence-corrected chi connectivity index (χ4v) is 3.35. The minimum atomic E-state index is -3.43. The number of hydrogen-bond donors (Lipinski definition) is 0. The predicted molar refractivity (Wildman–Crippen MR) is 74.6 cm³/mol. The van der Waals surface area contributed by atoms with E-state index < -0.39 is 10.0 Å². The second kappa shape index (κ2) is 5.72. The molecule has 0 aliphatic carbocycles. The van der Waals surface area contributed by atoms with Crippen molar-refractivity contribution in [2.75, 3.05) is 13.1 Å². The highest BCUT2D eigenvalue weighted by Gasteiger charge is 2.21. The first kappa shape index (κ1) is 14.7. The fraction of sp³-hybridized carbons (Fsp3) is 0.385. The van der Waals surface area contributed by atoms with E-state index in [9.17, 15) is 8.42 Å². The lowest BCUT2D eigenvalue weighted by atomic mass is 10.2. The predicted octanol–water partition coefficient (Wildman–Crippen LogP) is 2.08. The zero-order valence-electron chi connectivity index (χ0n) is 11.7. The van der Waals surface area contributed by atoms with E-state index in [-0.39, 0.29) is 4.90 Å². The van der Waals surface area contributed by atoms with Crippen LogP contribution in [0, 0.1) is 6.92 Å². The van der Waals surface area contributed by atoms with E-state index in [2.05, 4.69) is 10.2 Å². The molecule has 0 spiro atoms. The highest BCUT2D eigenvalue weighted by molar-refractivity contribution is 7.89. The normalized spacial score (nSPS) is 12.0. The van der Waals surface area contributed by atoms with Gasteiger partial charge in [0.15, 0.2) is 0 Å². The van der Waals surface area contributed by atoms with E-state index >= 15 is 0 Å². The van der Waals surface area contributed by atoms with Gasteiger partial charge in [0.05, 0.1) is 4.90 Å². The summed E-state index contributed by atoms with van der Waals surface area (Å²) < 4.78 is 31.4. The molecule has 2 rings (SSSR count). The van der Waals surface area contributed by atoms with Crippen molar-refractivity contribution in [3.63, 3.8) is 0 Å². The monoisotopic (exact) mass is 295 g/mol. The van der Waals surface area contributed by atoms with Gasteiger partial charge in [-0.25, -0.2) is 8.42 Å². The van der Waals surface area contributed by atoms with Crippen LogP contribution in [0.1, 0.15) is 19.7 Å². The van der Waals surface area contributed by atoms with Gasteiger partial charge < -0.3 is 4.42 Å². The first-order chi connectivity index (χ1) is 9.48. The molecule has 0 N–H and O–H groups in total. The maximum Gasteiger partial charge on any atom is 0.247 e. The van der Waals surface area contributed by atoms with E-state index in [0.29, 0.717) is 30.4 Å². The molecule has 0 bridgehead atoms. The maximum absolute atomic E-state index is 12.3. The largest absolute Gasteiger partial charge is 0.421 e. The second-order valence-corrected chi connectivity index (χ2v) is 6.18. The Labute approximate surface area is 118 Å². The summed E-state index contributed by atoms with van der Waals surface area (Å²) in [5.74, 6) is 0.856. The van der Waals surface area contributed by atoms with E-state index in [4.69, 9.17) is 4.42 Å². The van der Waals surface area contributed by atoms with Crippen LogP contribution in [0.25, 0.3) is 11.5 Å². The highest BCUT2D eigenvalue weighted by Crippen LogP contribution is 2.21. The zero-order valence-corrected chi connectivity index (χ0v) is 12.5. The standard InChI is InChI=1S/C13H17N3O3S/c1-4-16(5-2)20(17,18)12-8-6-11(7-9-12)13-15-14-10(3)19-13/h6-9H,4-5H2,1-3H3. The quantitative estimate of drug-likeness (QED) is 0.844. The number of rotatable bonds is 5. The third kappa shape index (κ3) is 2.73. The summed E-state index contributed by atoms with van der Waals surface area (Å²) in [6, 6.07) is 6.46. The molecule has 1 aromatic heterocycles. The molecule has 6 nitrogen and oxygen atoms in total. The van der Waals surface area contributed by atoms with E-state index in [1.54, 1.807) is 31.2 Å². The average molecular weight is 295 g/mol. The lowest BCUT2D eigenvalue weighted by molar-refractivity contribution is 0.445. The van der Waals surface area contributed by atoms with Crippen LogP contribution in [0.4, 0.5) is 0 Å². The van der Waals surface area contributed by atoms with Gasteiger partial charge in [-0.3, -0.25) is 0 Å². The SMILES string of the molecule is CCN(CC)S(=O)(=O)c1ccc(-c2nnc(C)o2)cc1. The van der Waals surface area contributed by atoms with Crippen molar-refractivity contribution in [1.82, 2.24) is 14.5 Å². The minimum absolute atomic E-state index is 0.265. The minimum Gasteiger partial charge on any atom is -0.421 e. The van der Waals surface area contributed by atoms with Gasteiger partial charge in [0.2, 0.25) is 21.8 Å². The van der Waals surface area contributed by atoms with Crippen LogP contribution in [0.2, 0.25) is 0 Å². The van der Waals surface area contributed by atoms with Gasteiger partial charge in [-0.05, 0) is 24.3 Å². The Kier molecular flexibility index (Phi) is 4.20. The summed E-state index contributed by atoms with van der Waals surface area (Å²) in [7, 11) is -3.43. The van der Waals surface area contributed by atoms with Gasteiger partial charge >= 0.3 is 0 Å². The van der Waals surface area contributed by atoms with Crippen LogP contribution in [0.3, 0.4) is 0 Å². The lowest BCUT2D eigenvalue weighted by Gasteiger charge is -2.18. The molecule has 0 amide bonds. The first-order valence-corrected chi connectivity index (χ1v) is 7.83. The Morgan fingerprint density at radius 1 is 1.10 bits per heavy atom. The Balaban J connectivity index is 2.33. The van der Waals surface area contributed by atoms with Crippen molar-refractivity contribution < 1.29 is 12.8 Å². The van der Waals surface area contributed by atoms with Crippen LogP contribution in [-0.4, -0.2) is 36.0 Å². The zero-order chi connectivity index (χ0) is 14.8. The number of nitrogens with zero attached hydrogens (tertiary/aromatic N) is 3. The third-order valence-corrected chi connectivity index (χ3v) is 5.03. The molecule has 1 aromatic carbocycles. The molecule has 0 atom stereocenters. The van der Waals surface area contributed by atoms with E-state index in [1.165, 1.54) is 4.31 Å². The molecule has 0 radical (unpaired) electrons. The molecule has 7 heteroatoms. The number of benzene rings is 1. The molecule has 20 heavy (non-hydrogen) atoms. The second-order valence-electron chi connectivity index (χ2n) is 4.24. The molecule has 0 unspecified atom stereocenters. The molecule has 0 fully saturated rings. The topological polar surface area (TPSA) is 76.3 Å². The van der Waals surface area contributed by atoms with Crippen molar-refractivity contribution in [3.05, 3.63) is 30.2 Å². The van der Waals surface area contributed by atoms with Crippen LogP contribution in [0.15, 0.2) is 33.6 Å². The molecular weight excluding hydrogens is 278 g/mol. The molecular formula is C13H17N3O3S. The number of aromatic nitrogens is 2. The number of hydrogen-bond acceptors (Lipinski definition) is 5. The van der Waals surface area contributed by atoms with Crippen molar-refractivity contribution in [2.45, 2.75) is 25.7 Å². The van der Waals surface area contributed by atoms with Gasteiger partial charge in [-0.15, -0.1) is 10.2 Å². The van der Waals surface area contributed by atoms with Crippen molar-refractivity contribution in [3.8, 4) is 11.5 Å². The fourth-order valence-electron chi connectivity index (χ4n) is 1.90. The molecule has 0 saturated carbocycles. The number of sulfonamides is 1. The molecule has 0 aliphatic rings. The van der Waals surface area contributed by atoms with Crippen LogP contribution in [0.5, 0.6) is 0 Å². The Bertz CT molecular complexity index is 673. The summed E-state index contributed by atoms with van der Waals surface area (Å²) >= 11 is 0. The van der Waals surface area contributed by atoms with Gasteiger partial charge in [0.25, 0.3) is 0 Å². The summed E-state index contributed by atoms with van der Waals surface area (Å²) in [4.78, 5) is 0.265. The summed E-state index contributed by atoms with van der Waals surface area (Å²) in [6.07, 6.45) is 0. The summed E-state index contributed by atoms with van der Waals surface area (Å²) in [5, 5.41) is 7.64. The molecule has 0 saturated heterocycles. The lowest BCUT2D eigenvalue weighted by Crippen LogP contribution is -2.30. The Hall–Kier alpha value is -1.73. The summed E-state index contributed by atoms with van der Waals surface area (Å²) in [5.41, 5.74) is 0.698. The highest BCUT2D eigenvalue weighted by atomic mass is 32.2. The molecule has 2 aromatic rings. The van der Waals surface area contributed by atoms with E-state index in [1.807, 2.05) is 13.8 Å². The smallest absolute Gasteiger partial charge is 0.247 e. The van der Waals surface area contributed by atoms with Gasteiger partial charge in [-0.1, -0.05) is 13.8 Å². The molecule has 108 valence electrons. The average Bonchev–Trinajstić information content (AvgIpc) is 2.87. The molecule has 0 aliphatic heterocycles. The maximum atomic E-state index is 12.3. The van der Waals surface area contributed by atoms with Gasteiger partial charge in [0, 0.05) is 25.6 Å². The Morgan fingerprint density at radius 3 is 2.15 bits per heavy atom. The Morgan fingerprint density at radius 2 is 1.70 bits per heavy atom. The van der Waals surface area contributed by atoms with Gasteiger partial charge in [0.1, 0.15) is 0 Å². The van der Waals surface area contributed by atoms with E-state index in [0.717, 1.165) is 0 Å². The van der Waals surface area contributed by atoms with Crippen molar-refractivity contribution >= 4 is 10.0 Å². The first-order valence-electron chi connectivity index (χ1n) is 6.39. The van der Waals surface area contributed by atoms with Crippen molar-refractivity contribution in [2.24, 2.45) is 0 Å². The molecule has 1 heterocycles.